The molecule has 21 heavy (non-hydrogen) atoms. The molecule has 1 aromatic heterocycles. The third-order valence-electron chi connectivity index (χ3n) is 3.87. The van der Waals surface area contributed by atoms with Crippen LogP contribution >= 0.6 is 15.9 Å². The summed E-state index contributed by atoms with van der Waals surface area (Å²) in [4.78, 5) is 4.29. The summed E-state index contributed by atoms with van der Waals surface area (Å²) in [5, 5.41) is 2.83. The number of pyridine rings is 1. The first-order chi connectivity index (χ1) is 9.73. The summed E-state index contributed by atoms with van der Waals surface area (Å²) >= 11 is 3.28. The van der Waals surface area contributed by atoms with E-state index in [-0.39, 0.29) is 16.4 Å². The van der Waals surface area contributed by atoms with E-state index >= 15 is 0 Å². The van der Waals surface area contributed by atoms with Gasteiger partial charge in [0.25, 0.3) is 0 Å². The minimum absolute atomic E-state index is 0.0116. The molecule has 1 unspecified atom stereocenters. The first kappa shape index (κ1) is 16.7. The van der Waals surface area contributed by atoms with Crippen molar-refractivity contribution in [3.63, 3.8) is 0 Å². The van der Waals surface area contributed by atoms with Crippen molar-refractivity contribution in [1.29, 1.82) is 0 Å². The van der Waals surface area contributed by atoms with Crippen LogP contribution in [-0.4, -0.2) is 26.5 Å². The van der Waals surface area contributed by atoms with Crippen LogP contribution in [0.25, 0.3) is 0 Å². The number of nitrogens with zero attached hydrogens (tertiary/aromatic N) is 1. The van der Waals surface area contributed by atoms with Crippen LogP contribution in [0.3, 0.4) is 0 Å². The molecule has 1 aliphatic carbocycles. The number of sulfonamides is 1. The van der Waals surface area contributed by atoms with E-state index in [9.17, 15) is 8.42 Å². The summed E-state index contributed by atoms with van der Waals surface area (Å²) in [5.41, 5.74) is 0.187. The van der Waals surface area contributed by atoms with E-state index in [0.717, 1.165) is 25.7 Å². The Labute approximate surface area is 135 Å². The minimum atomic E-state index is -3.58. The van der Waals surface area contributed by atoms with E-state index in [1.807, 2.05) is 0 Å². The van der Waals surface area contributed by atoms with Gasteiger partial charge < -0.3 is 5.32 Å². The van der Waals surface area contributed by atoms with Gasteiger partial charge in [-0.2, -0.15) is 0 Å². The predicted molar refractivity (Wildman–Crippen MR) is 87.8 cm³/mol. The minimum Gasteiger partial charge on any atom is -0.372 e. The van der Waals surface area contributed by atoms with Crippen LogP contribution in [0.5, 0.6) is 0 Å². The normalized spacial score (nSPS) is 22.0. The molecule has 118 valence electrons. The van der Waals surface area contributed by atoms with Gasteiger partial charge in [-0.1, -0.05) is 20.3 Å². The Kier molecular flexibility index (Phi) is 4.95. The topological polar surface area (TPSA) is 71.1 Å². The van der Waals surface area contributed by atoms with Gasteiger partial charge in [-0.25, -0.2) is 18.1 Å². The molecule has 7 heteroatoms. The molecule has 0 aromatic carbocycles. The van der Waals surface area contributed by atoms with Gasteiger partial charge in [0.2, 0.25) is 10.0 Å². The summed E-state index contributed by atoms with van der Waals surface area (Å²) in [6.45, 7) is 4.38. The molecule has 0 radical (unpaired) electrons. The Morgan fingerprint density at radius 2 is 2.14 bits per heavy atom. The second kappa shape index (κ2) is 6.22. The van der Waals surface area contributed by atoms with Crippen molar-refractivity contribution >= 4 is 31.8 Å². The van der Waals surface area contributed by atoms with Gasteiger partial charge in [0.05, 0.1) is 0 Å². The molecular formula is C14H22BrN3O2S. The van der Waals surface area contributed by atoms with Gasteiger partial charge in [-0.3, -0.25) is 0 Å². The number of aromatic nitrogens is 1. The van der Waals surface area contributed by atoms with Gasteiger partial charge in [0, 0.05) is 23.8 Å². The smallest absolute Gasteiger partial charge is 0.244 e. The molecule has 0 saturated heterocycles. The summed E-state index contributed by atoms with van der Waals surface area (Å²) < 4.78 is 28.7. The van der Waals surface area contributed by atoms with E-state index < -0.39 is 10.0 Å². The highest BCUT2D eigenvalue weighted by Gasteiger charge is 2.31. The van der Waals surface area contributed by atoms with Crippen LogP contribution in [0, 0.1) is 5.41 Å². The molecule has 1 heterocycles. The van der Waals surface area contributed by atoms with E-state index in [4.69, 9.17) is 0 Å². The third-order valence-corrected chi connectivity index (χ3v) is 5.84. The van der Waals surface area contributed by atoms with Crippen molar-refractivity contribution in [1.82, 2.24) is 9.71 Å². The van der Waals surface area contributed by atoms with E-state index in [2.05, 4.69) is 44.8 Å². The lowest BCUT2D eigenvalue weighted by molar-refractivity contribution is 0.212. The molecule has 2 N–H and O–H groups in total. The van der Waals surface area contributed by atoms with E-state index in [0.29, 0.717) is 10.3 Å². The Morgan fingerprint density at radius 1 is 1.43 bits per heavy atom. The highest BCUT2D eigenvalue weighted by atomic mass is 79.9. The van der Waals surface area contributed by atoms with Crippen LogP contribution in [0.1, 0.15) is 39.5 Å². The summed E-state index contributed by atoms with van der Waals surface area (Å²) in [7, 11) is -1.91. The lowest BCUT2D eigenvalue weighted by Crippen LogP contribution is -2.40. The molecule has 0 spiro atoms. The maximum absolute atomic E-state index is 12.6. The maximum Gasteiger partial charge on any atom is 0.244 e. The molecule has 2 rings (SSSR count). The van der Waals surface area contributed by atoms with Crippen LogP contribution in [0.2, 0.25) is 0 Å². The fourth-order valence-corrected chi connectivity index (χ4v) is 4.84. The number of rotatable bonds is 4. The van der Waals surface area contributed by atoms with Gasteiger partial charge in [-0.15, -0.1) is 0 Å². The molecule has 1 fully saturated rings. The van der Waals surface area contributed by atoms with Gasteiger partial charge >= 0.3 is 0 Å². The van der Waals surface area contributed by atoms with Crippen molar-refractivity contribution in [3.05, 3.63) is 16.7 Å². The Bertz CT molecular complexity index is 617. The lowest BCUT2D eigenvalue weighted by Gasteiger charge is -2.35. The quantitative estimate of drug-likeness (QED) is 0.847. The van der Waals surface area contributed by atoms with Crippen molar-refractivity contribution in [2.75, 3.05) is 12.4 Å². The monoisotopic (exact) mass is 375 g/mol. The highest BCUT2D eigenvalue weighted by Crippen LogP contribution is 2.36. The first-order valence-electron chi connectivity index (χ1n) is 7.09. The van der Waals surface area contributed by atoms with Crippen molar-refractivity contribution in [3.8, 4) is 0 Å². The lowest BCUT2D eigenvalue weighted by atomic mass is 9.75. The highest BCUT2D eigenvalue weighted by molar-refractivity contribution is 9.10. The zero-order valence-electron chi connectivity index (χ0n) is 12.6. The van der Waals surface area contributed by atoms with Crippen molar-refractivity contribution in [2.24, 2.45) is 5.41 Å². The number of anilines is 1. The second-order valence-electron chi connectivity index (χ2n) is 6.33. The molecule has 1 aromatic rings. The number of hydrogen-bond donors (Lipinski definition) is 2. The molecule has 1 saturated carbocycles. The summed E-state index contributed by atoms with van der Waals surface area (Å²) in [5.74, 6) is 0.362. The zero-order valence-corrected chi connectivity index (χ0v) is 15.0. The summed E-state index contributed by atoms with van der Waals surface area (Å²) in [6, 6.07) is 1.57. The third kappa shape index (κ3) is 4.17. The zero-order chi connectivity index (χ0) is 15.7. The average Bonchev–Trinajstić information content (AvgIpc) is 2.37. The molecule has 0 aliphatic heterocycles. The number of halogens is 1. The second-order valence-corrected chi connectivity index (χ2v) is 8.93. The Morgan fingerprint density at radius 3 is 2.76 bits per heavy atom. The Hall–Kier alpha value is -0.660. The maximum atomic E-state index is 12.6. The van der Waals surface area contributed by atoms with Crippen molar-refractivity contribution < 1.29 is 8.42 Å². The summed E-state index contributed by atoms with van der Waals surface area (Å²) in [6.07, 6.45) is 5.53. The van der Waals surface area contributed by atoms with Crippen LogP contribution < -0.4 is 10.0 Å². The van der Waals surface area contributed by atoms with Crippen LogP contribution in [0.4, 0.5) is 5.82 Å². The molecule has 1 aliphatic rings. The molecule has 0 amide bonds. The Balaban J connectivity index is 2.24. The van der Waals surface area contributed by atoms with E-state index in [1.165, 1.54) is 0 Å². The fourth-order valence-electron chi connectivity index (χ4n) is 2.89. The van der Waals surface area contributed by atoms with Gasteiger partial charge in [-0.05, 0) is 46.7 Å². The fraction of sp³-hybridized carbons (Fsp3) is 0.643. The molecule has 1 atom stereocenters. The standard InChI is InChI=1S/C14H22BrN3O2S/c1-14(2)6-4-5-11(8-14)18-21(19,20)12-7-10(15)9-17-13(12)16-3/h7,9,11,18H,4-6,8H2,1-3H3,(H,16,17). The average molecular weight is 376 g/mol. The van der Waals surface area contributed by atoms with E-state index in [1.54, 1.807) is 19.3 Å². The predicted octanol–water partition coefficient (Wildman–Crippen LogP) is 3.13. The van der Waals surface area contributed by atoms with Crippen molar-refractivity contribution in [2.45, 2.75) is 50.5 Å². The van der Waals surface area contributed by atoms with Crippen LogP contribution in [0.15, 0.2) is 21.6 Å². The molecular weight excluding hydrogens is 354 g/mol. The SMILES string of the molecule is CNc1ncc(Br)cc1S(=O)(=O)NC1CCCC(C)(C)C1. The van der Waals surface area contributed by atoms with Crippen LogP contribution in [-0.2, 0) is 10.0 Å². The number of hydrogen-bond acceptors (Lipinski definition) is 4. The molecule has 0 bridgehead atoms. The largest absolute Gasteiger partial charge is 0.372 e. The van der Waals surface area contributed by atoms with Gasteiger partial charge in [0.15, 0.2) is 0 Å². The number of nitrogens with one attached hydrogen (secondary N) is 2. The first-order valence-corrected chi connectivity index (χ1v) is 9.37. The molecule has 5 nitrogen and oxygen atoms in total. The van der Waals surface area contributed by atoms with Gasteiger partial charge in [0.1, 0.15) is 10.7 Å².